The van der Waals surface area contributed by atoms with Gasteiger partial charge in [0.15, 0.2) is 0 Å². The summed E-state index contributed by atoms with van der Waals surface area (Å²) >= 11 is 0. The van der Waals surface area contributed by atoms with E-state index in [-0.39, 0.29) is 0 Å². The van der Waals surface area contributed by atoms with Crippen molar-refractivity contribution in [1.82, 2.24) is 4.31 Å². The largest absolute Gasteiger partial charge is 0.491 e. The van der Waals surface area contributed by atoms with Gasteiger partial charge in [0, 0.05) is 39.0 Å². The van der Waals surface area contributed by atoms with Crippen molar-refractivity contribution in [2.45, 2.75) is 25.2 Å². The van der Waals surface area contributed by atoms with E-state index in [1.54, 1.807) is 29.6 Å². The molecule has 3 rings (SSSR count). The zero-order chi connectivity index (χ0) is 20.9. The Morgan fingerprint density at radius 1 is 0.931 bits per heavy atom. The summed E-state index contributed by atoms with van der Waals surface area (Å²) in [5.41, 5.74) is 3.17. The van der Waals surface area contributed by atoms with Gasteiger partial charge in [0.05, 0.1) is 11.5 Å². The quantitative estimate of drug-likeness (QED) is 0.646. The van der Waals surface area contributed by atoms with E-state index in [1.165, 1.54) is 5.56 Å². The number of benzene rings is 2. The van der Waals surface area contributed by atoms with Crippen LogP contribution in [0.15, 0.2) is 47.4 Å². The van der Waals surface area contributed by atoms with Crippen molar-refractivity contribution >= 4 is 15.7 Å². The average molecular weight is 419 g/mol. The fraction of sp³-hybridized carbons (Fsp3) is 0.455. The molecule has 0 unspecified atom stereocenters. The number of hydrogen-bond donors (Lipinski definition) is 0. The van der Waals surface area contributed by atoms with Crippen LogP contribution in [-0.2, 0) is 14.8 Å². The predicted octanol–water partition coefficient (Wildman–Crippen LogP) is 3.23. The lowest BCUT2D eigenvalue weighted by molar-refractivity contribution is 0.146. The van der Waals surface area contributed by atoms with Crippen LogP contribution in [0.25, 0.3) is 0 Å². The second-order valence-electron chi connectivity index (χ2n) is 7.35. The highest BCUT2D eigenvalue weighted by molar-refractivity contribution is 7.89. The number of hydrogen-bond acceptors (Lipinski definition) is 5. The highest BCUT2D eigenvalue weighted by atomic mass is 32.2. The summed E-state index contributed by atoms with van der Waals surface area (Å²) in [6.07, 6.45) is 0.796. The van der Waals surface area contributed by atoms with Gasteiger partial charge in [0.25, 0.3) is 0 Å². The third kappa shape index (κ3) is 5.29. The Bertz CT molecular complexity index is 913. The van der Waals surface area contributed by atoms with Gasteiger partial charge in [0.1, 0.15) is 12.4 Å². The molecular formula is C22H30N2O4S. The van der Waals surface area contributed by atoms with Crippen molar-refractivity contribution in [3.8, 4) is 5.75 Å². The molecule has 1 saturated heterocycles. The Kier molecular flexibility index (Phi) is 7.16. The number of anilines is 1. The van der Waals surface area contributed by atoms with Crippen molar-refractivity contribution in [3.63, 3.8) is 0 Å². The van der Waals surface area contributed by atoms with Crippen LogP contribution < -0.4 is 9.64 Å². The molecule has 158 valence electrons. The van der Waals surface area contributed by atoms with Gasteiger partial charge < -0.3 is 14.4 Å². The number of methoxy groups -OCH3 is 1. The number of ether oxygens (including phenoxy) is 2. The molecule has 1 aliphatic heterocycles. The molecule has 1 aliphatic rings. The Morgan fingerprint density at radius 2 is 1.69 bits per heavy atom. The lowest BCUT2D eigenvalue weighted by Crippen LogP contribution is -2.35. The van der Waals surface area contributed by atoms with Gasteiger partial charge in [-0.15, -0.1) is 0 Å². The summed E-state index contributed by atoms with van der Waals surface area (Å²) in [4.78, 5) is 2.57. The van der Waals surface area contributed by atoms with E-state index in [4.69, 9.17) is 9.47 Å². The molecule has 6 nitrogen and oxygen atoms in total. The molecule has 1 fully saturated rings. The molecule has 29 heavy (non-hydrogen) atoms. The van der Waals surface area contributed by atoms with Crippen LogP contribution in [0.4, 0.5) is 5.69 Å². The number of aryl methyl sites for hydroxylation is 2. The van der Waals surface area contributed by atoms with E-state index in [0.29, 0.717) is 43.5 Å². The summed E-state index contributed by atoms with van der Waals surface area (Å²) < 4.78 is 38.6. The van der Waals surface area contributed by atoms with Crippen LogP contribution in [0, 0.1) is 13.8 Å². The fourth-order valence-electron chi connectivity index (χ4n) is 3.48. The molecule has 0 spiro atoms. The first-order chi connectivity index (χ1) is 13.9. The molecule has 0 atom stereocenters. The molecule has 0 bridgehead atoms. The van der Waals surface area contributed by atoms with Gasteiger partial charge in [-0.05, 0) is 56.2 Å². The summed E-state index contributed by atoms with van der Waals surface area (Å²) in [5, 5.41) is 0. The Morgan fingerprint density at radius 3 is 2.38 bits per heavy atom. The molecule has 2 aromatic rings. The van der Waals surface area contributed by atoms with Gasteiger partial charge in [-0.3, -0.25) is 0 Å². The molecular weight excluding hydrogens is 388 g/mol. The van der Waals surface area contributed by atoms with Crippen LogP contribution in [0.1, 0.15) is 17.5 Å². The summed E-state index contributed by atoms with van der Waals surface area (Å²) in [5.74, 6) is 0.683. The first-order valence-corrected chi connectivity index (χ1v) is 11.4. The van der Waals surface area contributed by atoms with Crippen molar-refractivity contribution in [1.29, 1.82) is 0 Å². The van der Waals surface area contributed by atoms with Crippen molar-refractivity contribution in [3.05, 3.63) is 53.6 Å². The minimum Gasteiger partial charge on any atom is -0.491 e. The van der Waals surface area contributed by atoms with E-state index in [0.717, 1.165) is 24.2 Å². The van der Waals surface area contributed by atoms with Crippen LogP contribution in [0.5, 0.6) is 5.75 Å². The maximum absolute atomic E-state index is 13.2. The van der Waals surface area contributed by atoms with E-state index >= 15 is 0 Å². The van der Waals surface area contributed by atoms with Crippen molar-refractivity contribution in [2.24, 2.45) is 0 Å². The minimum absolute atomic E-state index is 0.317. The molecule has 0 aromatic heterocycles. The zero-order valence-electron chi connectivity index (χ0n) is 17.4. The Labute approximate surface area is 174 Å². The SMILES string of the molecule is COCCOc1ccc(S(=O)(=O)N2CCCN(c3ccc(C)cc3)CC2)cc1C. The molecule has 0 saturated carbocycles. The predicted molar refractivity (Wildman–Crippen MR) is 115 cm³/mol. The lowest BCUT2D eigenvalue weighted by Gasteiger charge is -2.24. The highest BCUT2D eigenvalue weighted by Gasteiger charge is 2.27. The number of sulfonamides is 1. The summed E-state index contributed by atoms with van der Waals surface area (Å²) in [6.45, 7) is 7.38. The van der Waals surface area contributed by atoms with Crippen LogP contribution >= 0.6 is 0 Å². The normalized spacial score (nSPS) is 15.9. The Hall–Kier alpha value is -2.09. The summed E-state index contributed by atoms with van der Waals surface area (Å²) in [6, 6.07) is 13.4. The molecule has 0 N–H and O–H groups in total. The Balaban J connectivity index is 1.70. The smallest absolute Gasteiger partial charge is 0.243 e. The maximum Gasteiger partial charge on any atom is 0.243 e. The topological polar surface area (TPSA) is 59.1 Å². The van der Waals surface area contributed by atoms with E-state index in [1.807, 2.05) is 6.92 Å². The second kappa shape index (κ2) is 9.61. The van der Waals surface area contributed by atoms with Gasteiger partial charge in [-0.2, -0.15) is 4.31 Å². The second-order valence-corrected chi connectivity index (χ2v) is 9.29. The third-order valence-electron chi connectivity index (χ3n) is 5.18. The molecule has 0 amide bonds. The van der Waals surface area contributed by atoms with Crippen molar-refractivity contribution in [2.75, 3.05) is 51.4 Å². The van der Waals surface area contributed by atoms with Gasteiger partial charge >= 0.3 is 0 Å². The first-order valence-electron chi connectivity index (χ1n) is 9.96. The third-order valence-corrected chi connectivity index (χ3v) is 7.08. The van der Waals surface area contributed by atoms with Gasteiger partial charge in [0.2, 0.25) is 10.0 Å². The lowest BCUT2D eigenvalue weighted by atomic mass is 10.2. The van der Waals surface area contributed by atoms with Crippen molar-refractivity contribution < 1.29 is 17.9 Å². The highest BCUT2D eigenvalue weighted by Crippen LogP contribution is 2.25. The molecule has 2 aromatic carbocycles. The molecule has 0 radical (unpaired) electrons. The first kappa shape index (κ1) is 21.6. The average Bonchev–Trinajstić information content (AvgIpc) is 2.97. The number of nitrogens with zero attached hydrogens (tertiary/aromatic N) is 2. The standard InChI is InChI=1S/C22H30N2O4S/c1-18-5-7-20(8-6-18)23-11-4-12-24(14-13-23)29(25,26)21-9-10-22(19(2)17-21)28-16-15-27-3/h5-10,17H,4,11-16H2,1-3H3. The monoisotopic (exact) mass is 418 g/mol. The minimum atomic E-state index is -3.54. The van der Waals surface area contributed by atoms with E-state index < -0.39 is 10.0 Å². The summed E-state index contributed by atoms with van der Waals surface area (Å²) in [7, 11) is -1.92. The zero-order valence-corrected chi connectivity index (χ0v) is 18.2. The molecule has 1 heterocycles. The van der Waals surface area contributed by atoms with E-state index in [9.17, 15) is 8.42 Å². The number of rotatable bonds is 7. The van der Waals surface area contributed by atoms with Gasteiger partial charge in [-0.25, -0.2) is 8.42 Å². The van der Waals surface area contributed by atoms with Crippen LogP contribution in [-0.4, -0.2) is 59.2 Å². The molecule has 0 aliphatic carbocycles. The van der Waals surface area contributed by atoms with Crippen LogP contribution in [0.3, 0.4) is 0 Å². The van der Waals surface area contributed by atoms with E-state index in [2.05, 4.69) is 36.1 Å². The van der Waals surface area contributed by atoms with Gasteiger partial charge in [-0.1, -0.05) is 17.7 Å². The fourth-order valence-corrected chi connectivity index (χ4v) is 5.03. The molecule has 7 heteroatoms. The maximum atomic E-state index is 13.2. The van der Waals surface area contributed by atoms with Crippen LogP contribution in [0.2, 0.25) is 0 Å².